The first-order valence-corrected chi connectivity index (χ1v) is 6.43. The average molecular weight is 293 g/mol. The Labute approximate surface area is 117 Å². The van der Waals surface area contributed by atoms with Gasteiger partial charge in [-0.25, -0.2) is 8.78 Å². The zero-order valence-electron chi connectivity index (χ0n) is 10.1. The van der Waals surface area contributed by atoms with Crippen LogP contribution < -0.4 is 5.32 Å². The summed E-state index contributed by atoms with van der Waals surface area (Å²) < 4.78 is 26.5. The molecule has 0 radical (unpaired) electrons. The van der Waals surface area contributed by atoms with E-state index in [-0.39, 0.29) is 17.2 Å². The van der Waals surface area contributed by atoms with Crippen molar-refractivity contribution in [3.63, 3.8) is 0 Å². The first-order valence-electron chi connectivity index (χ1n) is 5.55. The molecule has 1 amide bonds. The van der Waals surface area contributed by atoms with E-state index in [4.69, 9.17) is 5.11 Å². The maximum atomic E-state index is 13.4. The van der Waals surface area contributed by atoms with Crippen molar-refractivity contribution >= 4 is 22.9 Å². The Morgan fingerprint density at radius 1 is 1.35 bits per heavy atom. The van der Waals surface area contributed by atoms with Crippen molar-refractivity contribution in [2.24, 2.45) is 0 Å². The Bertz CT molecular complexity index is 701. The molecular formula is C14H9F2NO2S. The third-order valence-corrected chi connectivity index (χ3v) is 3.26. The number of benzene rings is 1. The van der Waals surface area contributed by atoms with Gasteiger partial charge in [0, 0.05) is 11.6 Å². The van der Waals surface area contributed by atoms with Crippen LogP contribution in [-0.4, -0.2) is 17.6 Å². The van der Waals surface area contributed by atoms with Crippen molar-refractivity contribution in [3.05, 3.63) is 51.7 Å². The van der Waals surface area contributed by atoms with Gasteiger partial charge in [-0.3, -0.25) is 4.79 Å². The summed E-state index contributed by atoms with van der Waals surface area (Å²) in [5, 5.41) is 12.6. The van der Waals surface area contributed by atoms with Gasteiger partial charge in [0.05, 0.1) is 5.69 Å². The van der Waals surface area contributed by atoms with E-state index in [1.807, 2.05) is 0 Å². The van der Waals surface area contributed by atoms with Crippen LogP contribution in [0.25, 0.3) is 0 Å². The minimum atomic E-state index is -0.723. The zero-order valence-corrected chi connectivity index (χ0v) is 10.9. The van der Waals surface area contributed by atoms with E-state index in [1.165, 1.54) is 0 Å². The Kier molecular flexibility index (Phi) is 4.45. The smallest absolute Gasteiger partial charge is 0.267 e. The number of nitrogens with one attached hydrogen (secondary N) is 1. The molecule has 0 fully saturated rings. The number of anilines is 1. The summed E-state index contributed by atoms with van der Waals surface area (Å²) in [6, 6.07) is 4.42. The number of carbonyl (C=O) groups is 1. The molecular weight excluding hydrogens is 284 g/mol. The van der Waals surface area contributed by atoms with Gasteiger partial charge in [0.15, 0.2) is 0 Å². The van der Waals surface area contributed by atoms with Crippen LogP contribution in [0.15, 0.2) is 29.6 Å². The number of amides is 1. The predicted molar refractivity (Wildman–Crippen MR) is 72.6 cm³/mol. The number of thiophene rings is 1. The molecule has 2 N–H and O–H groups in total. The minimum absolute atomic E-state index is 0.232. The molecule has 20 heavy (non-hydrogen) atoms. The topological polar surface area (TPSA) is 49.3 Å². The van der Waals surface area contributed by atoms with Crippen LogP contribution in [0.2, 0.25) is 0 Å². The number of rotatable bonds is 2. The predicted octanol–water partition coefficient (Wildman–Crippen LogP) is 2.62. The lowest BCUT2D eigenvalue weighted by atomic mass is 10.2. The van der Waals surface area contributed by atoms with Gasteiger partial charge in [-0.2, -0.15) is 0 Å². The monoisotopic (exact) mass is 293 g/mol. The summed E-state index contributed by atoms with van der Waals surface area (Å²) in [6.07, 6.45) is 0. The van der Waals surface area contributed by atoms with Gasteiger partial charge in [0.2, 0.25) is 0 Å². The Morgan fingerprint density at radius 2 is 2.15 bits per heavy atom. The van der Waals surface area contributed by atoms with Crippen molar-refractivity contribution in [1.82, 2.24) is 0 Å². The average Bonchev–Trinajstić information content (AvgIpc) is 2.89. The highest BCUT2D eigenvalue weighted by molar-refractivity contribution is 7.12. The molecule has 6 heteroatoms. The van der Waals surface area contributed by atoms with Crippen LogP contribution in [0.3, 0.4) is 0 Å². The van der Waals surface area contributed by atoms with Crippen molar-refractivity contribution in [3.8, 4) is 11.8 Å². The van der Waals surface area contributed by atoms with E-state index in [0.717, 1.165) is 29.5 Å². The summed E-state index contributed by atoms with van der Waals surface area (Å²) in [6.45, 7) is -0.324. The molecule has 0 saturated carbocycles. The fourth-order valence-electron chi connectivity index (χ4n) is 1.49. The summed E-state index contributed by atoms with van der Waals surface area (Å²) in [4.78, 5) is 12.3. The van der Waals surface area contributed by atoms with Gasteiger partial charge in [0.1, 0.15) is 23.1 Å². The second-order valence-electron chi connectivity index (χ2n) is 3.70. The maximum absolute atomic E-state index is 13.4. The van der Waals surface area contributed by atoms with E-state index < -0.39 is 17.5 Å². The summed E-state index contributed by atoms with van der Waals surface area (Å²) in [5.41, 5.74) is 0.197. The van der Waals surface area contributed by atoms with Crippen LogP contribution in [0.1, 0.15) is 15.2 Å². The van der Waals surface area contributed by atoms with E-state index in [0.29, 0.717) is 5.56 Å². The Hall–Kier alpha value is -2.23. The first-order chi connectivity index (χ1) is 9.61. The lowest BCUT2D eigenvalue weighted by Gasteiger charge is -2.05. The van der Waals surface area contributed by atoms with Crippen LogP contribution in [0.5, 0.6) is 0 Å². The molecule has 2 rings (SSSR count). The molecule has 1 heterocycles. The lowest BCUT2D eigenvalue weighted by Crippen LogP contribution is -2.13. The molecule has 1 aromatic heterocycles. The van der Waals surface area contributed by atoms with Gasteiger partial charge < -0.3 is 10.4 Å². The molecule has 0 atom stereocenters. The van der Waals surface area contributed by atoms with Crippen molar-refractivity contribution in [2.45, 2.75) is 0 Å². The van der Waals surface area contributed by atoms with Gasteiger partial charge in [-0.1, -0.05) is 11.8 Å². The fraction of sp³-hybridized carbons (Fsp3) is 0.0714. The Balaban J connectivity index is 2.24. The molecule has 3 nitrogen and oxygen atoms in total. The minimum Gasteiger partial charge on any atom is -0.384 e. The highest BCUT2D eigenvalue weighted by Gasteiger charge is 2.14. The third kappa shape index (κ3) is 3.20. The number of hydrogen-bond acceptors (Lipinski definition) is 3. The van der Waals surface area contributed by atoms with Crippen LogP contribution in [-0.2, 0) is 0 Å². The standard InChI is InChI=1S/C14H9F2NO2S/c15-10-3-4-11(16)12(8-10)17-14(19)13-9(2-1-6-18)5-7-20-13/h3-5,7-8,18H,6H2,(H,17,19). The highest BCUT2D eigenvalue weighted by atomic mass is 32.1. The fourth-order valence-corrected chi connectivity index (χ4v) is 2.23. The molecule has 0 unspecified atom stereocenters. The highest BCUT2D eigenvalue weighted by Crippen LogP contribution is 2.20. The molecule has 1 aromatic carbocycles. The van der Waals surface area contributed by atoms with Crippen molar-refractivity contribution in [2.75, 3.05) is 11.9 Å². The quantitative estimate of drug-likeness (QED) is 0.836. The SMILES string of the molecule is O=C(Nc1cc(F)ccc1F)c1sccc1C#CCO. The number of aliphatic hydroxyl groups is 1. The second kappa shape index (κ2) is 6.28. The van der Waals surface area contributed by atoms with E-state index in [2.05, 4.69) is 17.2 Å². The van der Waals surface area contributed by atoms with Crippen LogP contribution >= 0.6 is 11.3 Å². The largest absolute Gasteiger partial charge is 0.384 e. The van der Waals surface area contributed by atoms with E-state index in [1.54, 1.807) is 11.4 Å². The van der Waals surface area contributed by atoms with Crippen LogP contribution in [0, 0.1) is 23.5 Å². The number of hydrogen-bond donors (Lipinski definition) is 2. The summed E-state index contributed by atoms with van der Waals surface area (Å²) in [5.74, 6) is 3.10. The van der Waals surface area contributed by atoms with Crippen molar-refractivity contribution < 1.29 is 18.7 Å². The number of halogens is 2. The molecule has 0 bridgehead atoms. The molecule has 2 aromatic rings. The Morgan fingerprint density at radius 3 is 2.90 bits per heavy atom. The summed E-state index contributed by atoms with van der Waals surface area (Å²) >= 11 is 1.13. The van der Waals surface area contributed by atoms with Gasteiger partial charge in [-0.05, 0) is 23.6 Å². The molecule has 0 aliphatic heterocycles. The third-order valence-electron chi connectivity index (χ3n) is 2.35. The zero-order chi connectivity index (χ0) is 14.5. The van der Waals surface area contributed by atoms with Crippen LogP contribution in [0.4, 0.5) is 14.5 Å². The lowest BCUT2D eigenvalue weighted by molar-refractivity contribution is 0.103. The van der Waals surface area contributed by atoms with E-state index in [9.17, 15) is 13.6 Å². The maximum Gasteiger partial charge on any atom is 0.267 e. The van der Waals surface area contributed by atoms with Crippen molar-refractivity contribution in [1.29, 1.82) is 0 Å². The molecule has 0 saturated heterocycles. The molecule has 102 valence electrons. The van der Waals surface area contributed by atoms with Gasteiger partial charge in [-0.15, -0.1) is 11.3 Å². The van der Waals surface area contributed by atoms with E-state index >= 15 is 0 Å². The molecule has 0 aliphatic carbocycles. The van der Waals surface area contributed by atoms with Gasteiger partial charge >= 0.3 is 0 Å². The molecule has 0 spiro atoms. The number of aliphatic hydroxyl groups excluding tert-OH is 1. The van der Waals surface area contributed by atoms with Gasteiger partial charge in [0.25, 0.3) is 5.91 Å². The molecule has 0 aliphatic rings. The normalized spacial score (nSPS) is 9.75. The second-order valence-corrected chi connectivity index (χ2v) is 4.62. The summed E-state index contributed by atoms with van der Waals surface area (Å²) in [7, 11) is 0. The number of carbonyl (C=O) groups excluding carboxylic acids is 1. The first kappa shape index (κ1) is 14.2.